The molecule has 0 bridgehead atoms. The quantitative estimate of drug-likeness (QED) is 0.826. The normalized spacial score (nSPS) is 19.8. The number of hydrogen-bond donors (Lipinski definition) is 0. The Morgan fingerprint density at radius 2 is 2.14 bits per heavy atom. The zero-order valence-electron chi connectivity index (χ0n) is 12.2. The summed E-state index contributed by atoms with van der Waals surface area (Å²) in [6, 6.07) is 6.94. The van der Waals surface area contributed by atoms with Crippen LogP contribution < -0.4 is 0 Å². The van der Waals surface area contributed by atoms with E-state index in [1.54, 1.807) is 23.5 Å². The summed E-state index contributed by atoms with van der Waals surface area (Å²) < 4.78 is 12.9. The molecule has 1 saturated heterocycles. The van der Waals surface area contributed by atoms with Gasteiger partial charge in [-0.25, -0.2) is 9.37 Å². The monoisotopic (exact) mass is 304 g/mol. The molecule has 1 atom stereocenters. The minimum atomic E-state index is -0.147. The number of thiazole rings is 1. The summed E-state index contributed by atoms with van der Waals surface area (Å²) in [5.74, 6) is 0.605. The van der Waals surface area contributed by atoms with Crippen molar-refractivity contribution in [1.29, 1.82) is 0 Å². The largest absolute Gasteiger partial charge is 0.297 e. The van der Waals surface area contributed by atoms with Crippen LogP contribution in [0.25, 0.3) is 0 Å². The number of piperidine rings is 1. The zero-order chi connectivity index (χ0) is 14.5. The Bertz CT molecular complexity index is 538. The number of hydrogen-bond acceptors (Lipinski definition) is 3. The number of aromatic nitrogens is 1. The second-order valence-corrected chi connectivity index (χ2v) is 6.61. The van der Waals surface area contributed by atoms with E-state index in [0.29, 0.717) is 0 Å². The summed E-state index contributed by atoms with van der Waals surface area (Å²) in [6.45, 7) is 3.33. The standard InChI is InChI=1S/C17H21FN2S/c18-16-7-5-14(6-8-16)3-4-15-2-1-9-20(10-15)11-17-12-21-13-19-17/h5-8,12-13,15H,1-4,9-11H2/t15-/m0/s1. The van der Waals surface area contributed by atoms with Crippen molar-refractivity contribution in [2.45, 2.75) is 32.2 Å². The number of aryl methyl sites for hydroxylation is 1. The molecule has 0 unspecified atom stereocenters. The summed E-state index contributed by atoms with van der Waals surface area (Å²) in [7, 11) is 0. The molecule has 1 fully saturated rings. The minimum Gasteiger partial charge on any atom is -0.297 e. The van der Waals surface area contributed by atoms with Crippen LogP contribution in [0.3, 0.4) is 0 Å². The van der Waals surface area contributed by atoms with Gasteiger partial charge in [0.2, 0.25) is 0 Å². The van der Waals surface area contributed by atoms with Crippen LogP contribution in [0.5, 0.6) is 0 Å². The number of likely N-dealkylation sites (tertiary alicyclic amines) is 1. The molecule has 0 saturated carbocycles. The fraction of sp³-hybridized carbons (Fsp3) is 0.471. The van der Waals surface area contributed by atoms with Crippen molar-refractivity contribution in [3.05, 3.63) is 52.2 Å². The van der Waals surface area contributed by atoms with Gasteiger partial charge in [0.05, 0.1) is 11.2 Å². The van der Waals surface area contributed by atoms with Crippen LogP contribution in [0, 0.1) is 11.7 Å². The molecule has 1 aromatic carbocycles. The van der Waals surface area contributed by atoms with Gasteiger partial charge in [-0.3, -0.25) is 4.90 Å². The fourth-order valence-electron chi connectivity index (χ4n) is 3.10. The highest BCUT2D eigenvalue weighted by atomic mass is 32.1. The van der Waals surface area contributed by atoms with E-state index in [4.69, 9.17) is 0 Å². The lowest BCUT2D eigenvalue weighted by Gasteiger charge is -2.32. The molecule has 0 radical (unpaired) electrons. The Labute approximate surface area is 129 Å². The lowest BCUT2D eigenvalue weighted by molar-refractivity contribution is 0.160. The number of benzene rings is 1. The molecule has 1 aliphatic heterocycles. The lowest BCUT2D eigenvalue weighted by Crippen LogP contribution is -2.35. The molecule has 1 aliphatic rings. The maximum absolute atomic E-state index is 12.9. The van der Waals surface area contributed by atoms with Gasteiger partial charge in [-0.15, -0.1) is 11.3 Å². The van der Waals surface area contributed by atoms with Crippen molar-refractivity contribution in [2.75, 3.05) is 13.1 Å². The summed E-state index contributed by atoms with van der Waals surface area (Å²) in [4.78, 5) is 6.90. The predicted octanol–water partition coefficient (Wildman–Crippen LogP) is 4.13. The van der Waals surface area contributed by atoms with Gasteiger partial charge in [0, 0.05) is 18.5 Å². The maximum Gasteiger partial charge on any atom is 0.123 e. The molecular formula is C17H21FN2S. The van der Waals surface area contributed by atoms with E-state index in [-0.39, 0.29) is 5.82 Å². The van der Waals surface area contributed by atoms with E-state index in [0.717, 1.165) is 18.9 Å². The summed E-state index contributed by atoms with van der Waals surface area (Å²) >= 11 is 1.67. The van der Waals surface area contributed by atoms with Crippen LogP contribution in [-0.4, -0.2) is 23.0 Å². The van der Waals surface area contributed by atoms with Crippen LogP contribution in [0.1, 0.15) is 30.5 Å². The van der Waals surface area contributed by atoms with E-state index >= 15 is 0 Å². The molecular weight excluding hydrogens is 283 g/mol. The fourth-order valence-corrected chi connectivity index (χ4v) is 3.65. The molecule has 0 amide bonds. The third kappa shape index (κ3) is 4.35. The molecule has 0 N–H and O–H groups in total. The first-order valence-electron chi connectivity index (χ1n) is 7.63. The van der Waals surface area contributed by atoms with E-state index < -0.39 is 0 Å². The summed E-state index contributed by atoms with van der Waals surface area (Å²) in [6.07, 6.45) is 4.83. The Hall–Kier alpha value is -1.26. The highest BCUT2D eigenvalue weighted by Gasteiger charge is 2.20. The van der Waals surface area contributed by atoms with Crippen molar-refractivity contribution >= 4 is 11.3 Å². The third-order valence-electron chi connectivity index (χ3n) is 4.23. The van der Waals surface area contributed by atoms with Gasteiger partial charge in [-0.05, 0) is 55.8 Å². The Kier molecular flexibility index (Phi) is 4.99. The number of nitrogens with zero attached hydrogens (tertiary/aromatic N) is 2. The zero-order valence-corrected chi connectivity index (χ0v) is 13.0. The van der Waals surface area contributed by atoms with E-state index in [9.17, 15) is 4.39 Å². The Balaban J connectivity index is 1.48. The first kappa shape index (κ1) is 14.7. The van der Waals surface area contributed by atoms with Crippen LogP contribution in [0.15, 0.2) is 35.2 Å². The minimum absolute atomic E-state index is 0.147. The van der Waals surface area contributed by atoms with E-state index in [2.05, 4.69) is 15.3 Å². The molecule has 3 rings (SSSR count). The first-order valence-corrected chi connectivity index (χ1v) is 8.58. The van der Waals surface area contributed by atoms with Crippen molar-refractivity contribution in [1.82, 2.24) is 9.88 Å². The van der Waals surface area contributed by atoms with E-state index in [1.165, 1.54) is 43.6 Å². The van der Waals surface area contributed by atoms with Gasteiger partial charge in [0.15, 0.2) is 0 Å². The van der Waals surface area contributed by atoms with E-state index in [1.807, 2.05) is 17.6 Å². The van der Waals surface area contributed by atoms with Gasteiger partial charge in [0.1, 0.15) is 5.82 Å². The number of halogens is 1. The molecule has 112 valence electrons. The third-order valence-corrected chi connectivity index (χ3v) is 4.86. The molecule has 0 spiro atoms. The van der Waals surface area contributed by atoms with Gasteiger partial charge >= 0.3 is 0 Å². The molecule has 0 aliphatic carbocycles. The van der Waals surface area contributed by atoms with Gasteiger partial charge in [-0.1, -0.05) is 12.1 Å². The summed E-state index contributed by atoms with van der Waals surface area (Å²) in [5.41, 5.74) is 4.35. The molecule has 1 aromatic heterocycles. The second kappa shape index (κ2) is 7.14. The van der Waals surface area contributed by atoms with Crippen LogP contribution in [0.4, 0.5) is 4.39 Å². The highest BCUT2D eigenvalue weighted by Crippen LogP contribution is 2.23. The molecule has 4 heteroatoms. The average molecular weight is 304 g/mol. The van der Waals surface area contributed by atoms with Crippen molar-refractivity contribution in [3.63, 3.8) is 0 Å². The second-order valence-electron chi connectivity index (χ2n) is 5.89. The lowest BCUT2D eigenvalue weighted by atomic mass is 9.91. The molecule has 21 heavy (non-hydrogen) atoms. The summed E-state index contributed by atoms with van der Waals surface area (Å²) in [5, 5.41) is 2.14. The number of rotatable bonds is 5. The molecule has 2 nitrogen and oxygen atoms in total. The smallest absolute Gasteiger partial charge is 0.123 e. The first-order chi connectivity index (χ1) is 10.3. The van der Waals surface area contributed by atoms with Crippen molar-refractivity contribution in [3.8, 4) is 0 Å². The van der Waals surface area contributed by atoms with Crippen LogP contribution in [0.2, 0.25) is 0 Å². The van der Waals surface area contributed by atoms with Crippen molar-refractivity contribution in [2.24, 2.45) is 5.92 Å². The van der Waals surface area contributed by atoms with Gasteiger partial charge in [-0.2, -0.15) is 0 Å². The van der Waals surface area contributed by atoms with Gasteiger partial charge < -0.3 is 0 Å². The van der Waals surface area contributed by atoms with Crippen LogP contribution in [-0.2, 0) is 13.0 Å². The topological polar surface area (TPSA) is 16.1 Å². The van der Waals surface area contributed by atoms with Crippen molar-refractivity contribution < 1.29 is 4.39 Å². The SMILES string of the molecule is Fc1ccc(CC[C@@H]2CCCN(Cc3cscn3)C2)cc1. The Morgan fingerprint density at radius 3 is 2.90 bits per heavy atom. The molecule has 2 aromatic rings. The maximum atomic E-state index is 12.9. The highest BCUT2D eigenvalue weighted by molar-refractivity contribution is 7.07. The predicted molar refractivity (Wildman–Crippen MR) is 84.8 cm³/mol. The average Bonchev–Trinajstić information content (AvgIpc) is 3.00. The molecule has 2 heterocycles. The van der Waals surface area contributed by atoms with Crippen LogP contribution >= 0.6 is 11.3 Å². The van der Waals surface area contributed by atoms with Gasteiger partial charge in [0.25, 0.3) is 0 Å². The Morgan fingerprint density at radius 1 is 1.29 bits per heavy atom.